The van der Waals surface area contributed by atoms with Crippen LogP contribution < -0.4 is 5.32 Å². The molecule has 1 aromatic carbocycles. The van der Waals surface area contributed by atoms with E-state index in [1.807, 2.05) is 6.92 Å². The number of dihydropyridines is 1. The molecular formula is C26H25N3O6. The van der Waals surface area contributed by atoms with Crippen LogP contribution in [0.3, 0.4) is 0 Å². The Morgan fingerprint density at radius 1 is 0.971 bits per heavy atom. The fourth-order valence-electron chi connectivity index (χ4n) is 4.10. The Labute approximate surface area is 202 Å². The molecule has 2 aromatic rings. The number of pyridine rings is 1. The highest BCUT2D eigenvalue weighted by Crippen LogP contribution is 2.32. The molecule has 0 radical (unpaired) electrons. The Balaban J connectivity index is 1.77. The second-order valence-electron chi connectivity index (χ2n) is 7.98. The zero-order valence-electron chi connectivity index (χ0n) is 19.7. The molecule has 9 nitrogen and oxygen atoms in total. The molecule has 2 amide bonds. The van der Waals surface area contributed by atoms with Gasteiger partial charge in [-0.2, -0.15) is 0 Å². The summed E-state index contributed by atoms with van der Waals surface area (Å²) in [5, 5.41) is 3.15. The van der Waals surface area contributed by atoms with E-state index in [4.69, 9.17) is 9.47 Å². The summed E-state index contributed by atoms with van der Waals surface area (Å²) >= 11 is 0. The normalized spacial score (nSPS) is 15.2. The first-order valence-corrected chi connectivity index (χ1v) is 11.3. The number of nitrogens with zero attached hydrogens (tertiary/aromatic N) is 2. The third kappa shape index (κ3) is 4.57. The number of hydrogen-bond donors (Lipinski definition) is 1. The number of aromatic nitrogens is 1. The van der Waals surface area contributed by atoms with Crippen molar-refractivity contribution < 1.29 is 28.7 Å². The van der Waals surface area contributed by atoms with E-state index in [1.165, 1.54) is 0 Å². The smallest absolute Gasteiger partial charge is 0.336 e. The molecule has 0 bridgehead atoms. The van der Waals surface area contributed by atoms with Gasteiger partial charge in [0.15, 0.2) is 0 Å². The molecule has 0 unspecified atom stereocenters. The molecular weight excluding hydrogens is 450 g/mol. The van der Waals surface area contributed by atoms with Crippen molar-refractivity contribution in [2.24, 2.45) is 0 Å². The minimum Gasteiger partial charge on any atom is -0.463 e. The predicted molar refractivity (Wildman–Crippen MR) is 126 cm³/mol. The van der Waals surface area contributed by atoms with E-state index in [1.54, 1.807) is 56.4 Å². The molecule has 1 aromatic heterocycles. The van der Waals surface area contributed by atoms with Crippen LogP contribution in [-0.2, 0) is 19.1 Å². The first-order chi connectivity index (χ1) is 16.8. The highest BCUT2D eigenvalue weighted by molar-refractivity contribution is 6.21. The Morgan fingerprint density at radius 2 is 1.57 bits per heavy atom. The number of fused-ring (bicyclic) bond motifs is 1. The van der Waals surface area contributed by atoms with Gasteiger partial charge >= 0.3 is 11.9 Å². The van der Waals surface area contributed by atoms with Crippen molar-refractivity contribution in [2.45, 2.75) is 27.2 Å². The number of rotatable bonds is 7. The number of benzene rings is 1. The van der Waals surface area contributed by atoms with Crippen molar-refractivity contribution in [1.29, 1.82) is 0 Å². The first-order valence-electron chi connectivity index (χ1n) is 11.3. The molecule has 0 saturated heterocycles. The summed E-state index contributed by atoms with van der Waals surface area (Å²) < 4.78 is 10.5. The summed E-state index contributed by atoms with van der Waals surface area (Å²) in [6, 6.07) is 10.1. The average Bonchev–Trinajstić information content (AvgIpc) is 3.09. The number of imide groups is 1. The van der Waals surface area contributed by atoms with Gasteiger partial charge in [0.25, 0.3) is 11.8 Å². The van der Waals surface area contributed by atoms with Crippen molar-refractivity contribution in [3.63, 3.8) is 0 Å². The number of hydrogen-bond acceptors (Lipinski definition) is 8. The molecule has 180 valence electrons. The largest absolute Gasteiger partial charge is 0.463 e. The maximum atomic E-state index is 13.0. The summed E-state index contributed by atoms with van der Waals surface area (Å²) in [5.41, 5.74) is 3.11. The fourth-order valence-corrected chi connectivity index (χ4v) is 4.10. The number of esters is 2. The molecule has 0 spiro atoms. The van der Waals surface area contributed by atoms with Crippen LogP contribution in [0.15, 0.2) is 59.4 Å². The second kappa shape index (κ2) is 9.92. The van der Waals surface area contributed by atoms with E-state index in [2.05, 4.69) is 10.3 Å². The summed E-state index contributed by atoms with van der Waals surface area (Å²) in [4.78, 5) is 57.0. The van der Waals surface area contributed by atoms with Crippen LogP contribution in [0.2, 0.25) is 0 Å². The van der Waals surface area contributed by atoms with E-state index in [0.717, 1.165) is 10.6 Å². The molecule has 35 heavy (non-hydrogen) atoms. The predicted octanol–water partition coefficient (Wildman–Crippen LogP) is 2.77. The summed E-state index contributed by atoms with van der Waals surface area (Å²) in [6.45, 7) is 5.27. The van der Waals surface area contributed by atoms with Crippen LogP contribution in [0.1, 0.15) is 52.2 Å². The number of ether oxygens (including phenoxy) is 2. The maximum absolute atomic E-state index is 13.0. The van der Waals surface area contributed by atoms with Gasteiger partial charge in [-0.25, -0.2) is 9.59 Å². The SMILES string of the molecule is CCOC(=O)C1=C(CN2C(=O)c3ccccc3C2=O)NC(c2ccnc(C)c2)=C(C(=O)OCC)C1. The number of aryl methyl sites for hydroxylation is 1. The minimum absolute atomic E-state index is 0.0835. The van der Waals surface area contributed by atoms with Crippen LogP contribution in [0.4, 0.5) is 0 Å². The highest BCUT2D eigenvalue weighted by atomic mass is 16.5. The zero-order valence-corrected chi connectivity index (χ0v) is 19.7. The lowest BCUT2D eigenvalue weighted by molar-refractivity contribution is -0.139. The lowest BCUT2D eigenvalue weighted by atomic mass is 9.93. The number of carbonyl (C=O) groups excluding carboxylic acids is 4. The molecule has 0 aliphatic carbocycles. The van der Waals surface area contributed by atoms with Crippen molar-refractivity contribution in [1.82, 2.24) is 15.2 Å². The van der Waals surface area contributed by atoms with Crippen LogP contribution in [-0.4, -0.2) is 53.4 Å². The minimum atomic E-state index is -0.640. The van der Waals surface area contributed by atoms with Crippen molar-refractivity contribution >= 4 is 29.5 Å². The topological polar surface area (TPSA) is 115 Å². The van der Waals surface area contributed by atoms with E-state index in [-0.39, 0.29) is 37.3 Å². The van der Waals surface area contributed by atoms with Gasteiger partial charge in [-0.15, -0.1) is 0 Å². The third-order valence-corrected chi connectivity index (χ3v) is 5.72. The van der Waals surface area contributed by atoms with Crippen LogP contribution in [0.25, 0.3) is 5.70 Å². The monoisotopic (exact) mass is 475 g/mol. The Hall–Kier alpha value is -4.27. The van der Waals surface area contributed by atoms with Gasteiger partial charge in [-0.1, -0.05) is 12.1 Å². The van der Waals surface area contributed by atoms with Crippen molar-refractivity contribution in [2.75, 3.05) is 19.8 Å². The lowest BCUT2D eigenvalue weighted by Crippen LogP contribution is -2.38. The van der Waals surface area contributed by atoms with Gasteiger partial charge < -0.3 is 14.8 Å². The average molecular weight is 476 g/mol. The lowest BCUT2D eigenvalue weighted by Gasteiger charge is -2.28. The number of nitrogens with one attached hydrogen (secondary N) is 1. The molecule has 0 fully saturated rings. The molecule has 1 N–H and O–H groups in total. The fraction of sp³-hybridized carbons (Fsp3) is 0.269. The van der Waals surface area contributed by atoms with Gasteiger partial charge in [0.2, 0.25) is 0 Å². The van der Waals surface area contributed by atoms with Crippen molar-refractivity contribution in [3.05, 3.63) is 81.8 Å². The Morgan fingerprint density at radius 3 is 2.14 bits per heavy atom. The molecule has 2 aliphatic heterocycles. The molecule has 0 atom stereocenters. The zero-order chi connectivity index (χ0) is 25.1. The summed E-state index contributed by atoms with van der Waals surface area (Å²) in [7, 11) is 0. The van der Waals surface area contributed by atoms with Crippen LogP contribution in [0.5, 0.6) is 0 Å². The molecule has 0 saturated carbocycles. The van der Waals surface area contributed by atoms with E-state index in [0.29, 0.717) is 28.1 Å². The summed E-state index contributed by atoms with van der Waals surface area (Å²) in [6.07, 6.45) is 1.52. The maximum Gasteiger partial charge on any atom is 0.336 e. The quantitative estimate of drug-likeness (QED) is 0.480. The van der Waals surface area contributed by atoms with Gasteiger partial charge in [0, 0.05) is 29.6 Å². The Kier molecular flexibility index (Phi) is 6.77. The molecule has 3 heterocycles. The van der Waals surface area contributed by atoms with E-state index < -0.39 is 23.8 Å². The van der Waals surface area contributed by atoms with Crippen molar-refractivity contribution in [3.8, 4) is 0 Å². The van der Waals surface area contributed by atoms with Crippen LogP contribution >= 0.6 is 0 Å². The van der Waals surface area contributed by atoms with Gasteiger partial charge in [-0.3, -0.25) is 19.5 Å². The van der Waals surface area contributed by atoms with E-state index in [9.17, 15) is 19.2 Å². The Bertz CT molecular complexity index is 1260. The highest BCUT2D eigenvalue weighted by Gasteiger charge is 2.38. The first kappa shape index (κ1) is 23.9. The number of carbonyl (C=O) groups is 4. The standard InChI is InChI=1S/C26H25N3O6/c1-4-34-25(32)19-13-20(26(33)35-5-2)22(16-10-11-27-15(3)12-16)28-21(19)14-29-23(30)17-8-6-7-9-18(17)24(29)31/h6-12,28H,4-5,13-14H2,1-3H3. The second-order valence-corrected chi connectivity index (χ2v) is 7.98. The molecule has 4 rings (SSSR count). The van der Waals surface area contributed by atoms with Gasteiger partial charge in [0.05, 0.1) is 47.7 Å². The third-order valence-electron chi connectivity index (χ3n) is 5.72. The molecule has 2 aliphatic rings. The van der Waals surface area contributed by atoms with E-state index >= 15 is 0 Å². The van der Waals surface area contributed by atoms with Crippen LogP contribution in [0, 0.1) is 6.92 Å². The number of amides is 2. The summed E-state index contributed by atoms with van der Waals surface area (Å²) in [5.74, 6) is -2.13. The molecule has 9 heteroatoms. The van der Waals surface area contributed by atoms with Gasteiger partial charge in [-0.05, 0) is 45.0 Å². The van der Waals surface area contributed by atoms with Gasteiger partial charge in [0.1, 0.15) is 0 Å².